The molecule has 2 aromatic heterocycles. The molecule has 4 amide bonds. The van der Waals surface area contributed by atoms with Crippen LogP contribution < -0.4 is 15.4 Å². The highest BCUT2D eigenvalue weighted by atomic mass is 16.5. The third-order valence-electron chi connectivity index (χ3n) is 13.3. The minimum Gasteiger partial charge on any atom is -0.488 e. The van der Waals surface area contributed by atoms with E-state index in [0.717, 1.165) is 95.0 Å². The number of benzene rings is 2. The average Bonchev–Trinajstić information content (AvgIpc) is 4.12. The Hall–Kier alpha value is -6.38. The van der Waals surface area contributed by atoms with E-state index in [2.05, 4.69) is 50.9 Å². The number of hydrogen-bond donors (Lipinski definition) is 4. The number of nitrogens with one attached hydrogen (secondary N) is 4. The van der Waals surface area contributed by atoms with Crippen molar-refractivity contribution in [3.8, 4) is 39.4 Å². The van der Waals surface area contributed by atoms with Gasteiger partial charge in [0.15, 0.2) is 0 Å². The van der Waals surface area contributed by atoms with Gasteiger partial charge in [-0.2, -0.15) is 0 Å². The molecular weight excluding hydrogens is 789 g/mol. The van der Waals surface area contributed by atoms with Crippen molar-refractivity contribution < 1.29 is 33.4 Å². The number of H-pyrrole nitrogens is 2. The van der Waals surface area contributed by atoms with Gasteiger partial charge in [0.1, 0.15) is 36.1 Å². The molecule has 0 bridgehead atoms. The standard InChI is InChI=1S/C47H54N8O7/c1-26(2)38(52-45(58)60-4)43(56)54-19-10-12-36(54)42-49-33-16-14-27-22-32-30-15-13-28(21-29(30)25-62-37(32)23-31(27)39(33)51-42)34-24-48-41(50-34)35-11-9-20-55(35)44(57)40(53-46(59)61-5)47(3)17-7-6-8-18-47/h6-8,13,15,17,21-24,26,35-36,38,40H,9-12,14,16,18-20,25H2,1-5H3,(H,48,50)(H,49,51)(H,52,58)(H,53,59)/t35?,36-,38-,40-,47?/m0/s1. The van der Waals surface area contributed by atoms with E-state index in [9.17, 15) is 19.2 Å². The second kappa shape index (κ2) is 16.5. The molecule has 0 spiro atoms. The number of allylic oxidation sites excluding steroid dienone is 3. The van der Waals surface area contributed by atoms with E-state index in [4.69, 9.17) is 24.2 Å². The number of imidazole rings is 2. The molecule has 62 heavy (non-hydrogen) atoms. The van der Waals surface area contributed by atoms with Gasteiger partial charge in [0.05, 0.1) is 43.9 Å². The molecule has 2 fully saturated rings. The Kier molecular flexibility index (Phi) is 10.9. The van der Waals surface area contributed by atoms with Crippen LogP contribution in [0.15, 0.2) is 60.8 Å². The first-order chi connectivity index (χ1) is 30.0. The quantitative estimate of drug-likeness (QED) is 0.137. The number of aromatic amines is 2. The molecule has 4 N–H and O–H groups in total. The number of amides is 4. The summed E-state index contributed by atoms with van der Waals surface area (Å²) in [5.41, 5.74) is 8.60. The first-order valence-corrected chi connectivity index (χ1v) is 21.7. The van der Waals surface area contributed by atoms with Crippen LogP contribution in [0, 0.1) is 11.3 Å². The largest absolute Gasteiger partial charge is 0.488 e. The van der Waals surface area contributed by atoms with Crippen LogP contribution in [0.5, 0.6) is 5.75 Å². The lowest BCUT2D eigenvalue weighted by Gasteiger charge is -2.38. The Morgan fingerprint density at radius 3 is 2.32 bits per heavy atom. The second-order valence-corrected chi connectivity index (χ2v) is 17.6. The van der Waals surface area contributed by atoms with Crippen LogP contribution in [0.3, 0.4) is 0 Å². The van der Waals surface area contributed by atoms with Gasteiger partial charge >= 0.3 is 12.2 Å². The van der Waals surface area contributed by atoms with Gasteiger partial charge < -0.3 is 44.6 Å². The fraction of sp³-hybridized carbons (Fsp3) is 0.447. The molecule has 15 nitrogen and oxygen atoms in total. The maximum Gasteiger partial charge on any atom is 0.407 e. The zero-order chi connectivity index (χ0) is 43.3. The summed E-state index contributed by atoms with van der Waals surface area (Å²) in [5.74, 6) is 1.87. The smallest absolute Gasteiger partial charge is 0.407 e. The summed E-state index contributed by atoms with van der Waals surface area (Å²) in [5, 5.41) is 5.56. The van der Waals surface area contributed by atoms with Gasteiger partial charge in [0.2, 0.25) is 11.8 Å². The third kappa shape index (κ3) is 7.40. The monoisotopic (exact) mass is 842 g/mol. The molecule has 5 atom stereocenters. The number of ether oxygens (including phenoxy) is 3. The number of alkyl carbamates (subject to hydrolysis) is 2. The van der Waals surface area contributed by atoms with Crippen molar-refractivity contribution in [1.29, 1.82) is 0 Å². The molecule has 0 radical (unpaired) electrons. The SMILES string of the molecule is COC(=O)N[C@H](C(=O)N1CCC[C@H]1c1nc2c([nH]1)CCc1cc3c(cc1-2)OCc1cc(-c2cnc(C4CCCN4C(=O)[C@H](NC(=O)OC)C4(C)C=CC=CC4)[nH]2)ccc1-3)C(C)C. The van der Waals surface area contributed by atoms with Crippen LogP contribution >= 0.6 is 0 Å². The molecule has 5 heterocycles. The van der Waals surface area contributed by atoms with Crippen molar-refractivity contribution >= 4 is 24.0 Å². The molecule has 4 aromatic rings. The van der Waals surface area contributed by atoms with Crippen molar-refractivity contribution in [1.82, 2.24) is 40.4 Å². The summed E-state index contributed by atoms with van der Waals surface area (Å²) in [6.07, 6.45) is 13.9. The van der Waals surface area contributed by atoms with Crippen LogP contribution in [-0.4, -0.2) is 93.1 Å². The minimum atomic E-state index is -0.805. The molecule has 324 valence electrons. The van der Waals surface area contributed by atoms with E-state index in [0.29, 0.717) is 31.9 Å². The van der Waals surface area contributed by atoms with Gasteiger partial charge in [0, 0.05) is 35.3 Å². The fourth-order valence-electron chi connectivity index (χ4n) is 9.90. The van der Waals surface area contributed by atoms with Crippen LogP contribution in [-0.2, 0) is 38.5 Å². The van der Waals surface area contributed by atoms with E-state index >= 15 is 0 Å². The Morgan fingerprint density at radius 1 is 0.855 bits per heavy atom. The topological polar surface area (TPSA) is 184 Å². The fourth-order valence-corrected chi connectivity index (χ4v) is 9.90. The van der Waals surface area contributed by atoms with Crippen molar-refractivity contribution in [3.05, 3.63) is 89.3 Å². The summed E-state index contributed by atoms with van der Waals surface area (Å²) in [4.78, 5) is 73.3. The Labute approximate surface area is 360 Å². The zero-order valence-electron chi connectivity index (χ0n) is 35.9. The minimum absolute atomic E-state index is 0.114. The number of nitrogens with zero attached hydrogens (tertiary/aromatic N) is 4. The van der Waals surface area contributed by atoms with Crippen molar-refractivity contribution in [3.63, 3.8) is 0 Å². The lowest BCUT2D eigenvalue weighted by Crippen LogP contribution is -2.55. The summed E-state index contributed by atoms with van der Waals surface area (Å²) in [6, 6.07) is 8.75. The zero-order valence-corrected chi connectivity index (χ0v) is 35.9. The maximum atomic E-state index is 14.2. The molecule has 15 heteroatoms. The molecule has 5 aliphatic rings. The first-order valence-electron chi connectivity index (χ1n) is 21.7. The van der Waals surface area contributed by atoms with Crippen molar-refractivity contribution in [2.24, 2.45) is 11.3 Å². The van der Waals surface area contributed by atoms with Gasteiger partial charge in [-0.05, 0) is 91.3 Å². The number of rotatable bonds is 9. The van der Waals surface area contributed by atoms with Crippen LogP contribution in [0.4, 0.5) is 9.59 Å². The van der Waals surface area contributed by atoms with E-state index in [1.165, 1.54) is 19.8 Å². The van der Waals surface area contributed by atoms with E-state index < -0.39 is 29.7 Å². The number of aromatic nitrogens is 4. The predicted octanol–water partition coefficient (Wildman–Crippen LogP) is 7.08. The molecule has 2 aliphatic carbocycles. The van der Waals surface area contributed by atoms with E-state index in [-0.39, 0.29) is 29.8 Å². The molecule has 2 unspecified atom stereocenters. The average molecular weight is 843 g/mol. The number of carbonyl (C=O) groups excluding carboxylic acids is 4. The summed E-state index contributed by atoms with van der Waals surface area (Å²) < 4.78 is 16.2. The van der Waals surface area contributed by atoms with E-state index in [1.54, 1.807) is 0 Å². The molecule has 2 aromatic carbocycles. The number of fused-ring (bicyclic) bond motifs is 6. The molecule has 2 saturated heterocycles. The van der Waals surface area contributed by atoms with Gasteiger partial charge in [-0.15, -0.1) is 0 Å². The Morgan fingerprint density at radius 2 is 1.60 bits per heavy atom. The summed E-state index contributed by atoms with van der Waals surface area (Å²) >= 11 is 0. The highest BCUT2D eigenvalue weighted by Gasteiger charge is 2.44. The number of likely N-dealkylation sites (tertiary alicyclic amines) is 2. The van der Waals surface area contributed by atoms with Gasteiger partial charge in [-0.25, -0.2) is 19.6 Å². The van der Waals surface area contributed by atoms with Crippen molar-refractivity contribution in [2.45, 2.75) is 96.5 Å². The van der Waals surface area contributed by atoms with Crippen LogP contribution in [0.1, 0.15) is 93.4 Å². The molecule has 0 saturated carbocycles. The Balaban J connectivity index is 0.933. The molecule has 9 rings (SSSR count). The number of hydrogen-bond acceptors (Lipinski definition) is 9. The lowest BCUT2D eigenvalue weighted by molar-refractivity contribution is -0.137. The van der Waals surface area contributed by atoms with Crippen LogP contribution in [0.2, 0.25) is 0 Å². The van der Waals surface area contributed by atoms with Crippen molar-refractivity contribution in [2.75, 3.05) is 27.3 Å². The van der Waals surface area contributed by atoms with Gasteiger partial charge in [-0.1, -0.05) is 57.2 Å². The summed E-state index contributed by atoms with van der Waals surface area (Å²) in [6.45, 7) is 7.36. The van der Waals surface area contributed by atoms with Gasteiger partial charge in [-0.3, -0.25) is 9.59 Å². The number of methoxy groups -OCH3 is 2. The molecule has 3 aliphatic heterocycles. The number of aryl methyl sites for hydroxylation is 2. The Bertz CT molecular complexity index is 2490. The lowest BCUT2D eigenvalue weighted by atomic mass is 9.76. The highest BCUT2D eigenvalue weighted by molar-refractivity contribution is 5.88. The normalized spacial score (nSPS) is 21.9. The number of carbonyl (C=O) groups is 4. The maximum absolute atomic E-state index is 14.2. The second-order valence-electron chi connectivity index (χ2n) is 17.6. The highest BCUT2D eigenvalue weighted by Crippen LogP contribution is 2.46. The molecular formula is C47H54N8O7. The first kappa shape index (κ1) is 41.0. The van der Waals surface area contributed by atoms with Gasteiger partial charge in [0.25, 0.3) is 0 Å². The van der Waals surface area contributed by atoms with Crippen LogP contribution in [0.25, 0.3) is 33.6 Å². The van der Waals surface area contributed by atoms with E-state index in [1.807, 2.05) is 61.1 Å². The summed E-state index contributed by atoms with van der Waals surface area (Å²) in [7, 11) is 2.60. The third-order valence-corrected chi connectivity index (χ3v) is 13.3. The predicted molar refractivity (Wildman–Crippen MR) is 231 cm³/mol.